The number of hydrogen-bond donors (Lipinski definition) is 3. The number of aromatic nitrogens is 2. The number of benzene rings is 2. The van der Waals surface area contributed by atoms with E-state index in [0.29, 0.717) is 18.3 Å². The van der Waals surface area contributed by atoms with Crippen LogP contribution in [0.25, 0.3) is 11.0 Å². The summed E-state index contributed by atoms with van der Waals surface area (Å²) in [5.41, 5.74) is 2.80. The van der Waals surface area contributed by atoms with Gasteiger partial charge in [-0.1, -0.05) is 49.4 Å². The van der Waals surface area contributed by atoms with Crippen LogP contribution in [0.5, 0.6) is 0 Å². The van der Waals surface area contributed by atoms with Gasteiger partial charge in [0.2, 0.25) is 17.7 Å². The van der Waals surface area contributed by atoms with Gasteiger partial charge >= 0.3 is 0 Å². The topological polar surface area (TPSA) is 107 Å². The number of carbonyl (C=O) groups is 3. The van der Waals surface area contributed by atoms with E-state index in [1.165, 1.54) is 0 Å². The molecule has 8 heteroatoms. The molecule has 2 aliphatic rings. The minimum atomic E-state index is -0.945. The third kappa shape index (κ3) is 5.53. The Labute approximate surface area is 217 Å². The molecule has 1 aliphatic heterocycles. The minimum absolute atomic E-state index is 0.00457. The maximum atomic E-state index is 13.5. The summed E-state index contributed by atoms with van der Waals surface area (Å²) in [5.74, 6) is 0.389. The van der Waals surface area contributed by atoms with E-state index >= 15 is 0 Å². The zero-order valence-electron chi connectivity index (χ0n) is 21.4. The molecule has 8 nitrogen and oxygen atoms in total. The van der Waals surface area contributed by atoms with Crippen LogP contribution in [0.4, 0.5) is 0 Å². The van der Waals surface area contributed by atoms with E-state index in [1.807, 2.05) is 66.4 Å². The van der Waals surface area contributed by atoms with Crippen molar-refractivity contribution in [2.75, 3.05) is 6.54 Å². The van der Waals surface area contributed by atoms with Gasteiger partial charge in [-0.2, -0.15) is 0 Å². The number of amides is 3. The summed E-state index contributed by atoms with van der Waals surface area (Å²) in [6.45, 7) is 4.61. The molecule has 37 heavy (non-hydrogen) atoms. The largest absolute Gasteiger partial charge is 0.345 e. The fourth-order valence-electron chi connectivity index (χ4n) is 5.55. The SMILES string of the molecule is CC1CC(C(=O)NC(CC(=O)N2CCC[C@@H]2c2ccccc2)C(=O)NC(C)c2nc3ccccc3[nH]2)C1. The standard InChI is InChI=1S/C29H35N5O3/c1-18-15-21(16-18)28(36)33-24(17-26(35)34-14-8-13-25(34)20-9-4-3-5-10-20)29(37)30-19(2)27-31-22-11-6-7-12-23(22)32-27/h3-7,9-12,18-19,21,24-25H,8,13-17H2,1-2H3,(H,30,37)(H,31,32)(H,33,36)/t18?,19?,21?,24?,25-/m1/s1. The maximum Gasteiger partial charge on any atom is 0.243 e. The Balaban J connectivity index is 1.30. The van der Waals surface area contributed by atoms with Crippen molar-refractivity contribution in [3.63, 3.8) is 0 Å². The van der Waals surface area contributed by atoms with E-state index in [9.17, 15) is 14.4 Å². The number of hydrogen-bond acceptors (Lipinski definition) is 4. The van der Waals surface area contributed by atoms with Crippen LogP contribution in [0.15, 0.2) is 54.6 Å². The Morgan fingerprint density at radius 2 is 1.78 bits per heavy atom. The molecule has 0 bridgehead atoms. The van der Waals surface area contributed by atoms with Crippen molar-refractivity contribution >= 4 is 28.8 Å². The van der Waals surface area contributed by atoms with Gasteiger partial charge in [0, 0.05) is 12.5 Å². The normalized spacial score (nSPS) is 22.8. The average molecular weight is 502 g/mol. The summed E-state index contributed by atoms with van der Waals surface area (Å²) in [4.78, 5) is 49.5. The molecule has 3 amide bonds. The molecule has 0 spiro atoms. The first-order valence-electron chi connectivity index (χ1n) is 13.3. The lowest BCUT2D eigenvalue weighted by molar-refractivity contribution is -0.138. The summed E-state index contributed by atoms with van der Waals surface area (Å²) < 4.78 is 0. The molecular formula is C29H35N5O3. The predicted octanol–water partition coefficient (Wildman–Crippen LogP) is 4.02. The molecule has 2 fully saturated rings. The second-order valence-electron chi connectivity index (χ2n) is 10.6. The van der Waals surface area contributed by atoms with Crippen molar-refractivity contribution in [1.82, 2.24) is 25.5 Å². The van der Waals surface area contributed by atoms with Crippen LogP contribution >= 0.6 is 0 Å². The van der Waals surface area contributed by atoms with E-state index in [4.69, 9.17) is 0 Å². The molecule has 3 aromatic rings. The molecule has 3 N–H and O–H groups in total. The van der Waals surface area contributed by atoms with Crippen LogP contribution in [-0.2, 0) is 14.4 Å². The molecule has 5 rings (SSSR count). The number of nitrogens with one attached hydrogen (secondary N) is 3. The fourth-order valence-corrected chi connectivity index (χ4v) is 5.55. The van der Waals surface area contributed by atoms with E-state index in [0.717, 1.165) is 42.3 Å². The molecule has 3 atom stereocenters. The lowest BCUT2D eigenvalue weighted by Gasteiger charge is -2.33. The van der Waals surface area contributed by atoms with Crippen molar-refractivity contribution in [2.45, 2.75) is 64.1 Å². The van der Waals surface area contributed by atoms with Crippen molar-refractivity contribution in [3.8, 4) is 0 Å². The first kappa shape index (κ1) is 25.0. The summed E-state index contributed by atoms with van der Waals surface area (Å²) >= 11 is 0. The molecule has 194 valence electrons. The summed E-state index contributed by atoms with van der Waals surface area (Å²) in [7, 11) is 0. The number of H-pyrrole nitrogens is 1. The number of para-hydroxylation sites is 2. The highest BCUT2D eigenvalue weighted by molar-refractivity contribution is 5.93. The number of carbonyl (C=O) groups excluding carboxylic acids is 3. The molecule has 2 unspecified atom stereocenters. The van der Waals surface area contributed by atoms with Gasteiger partial charge in [-0.15, -0.1) is 0 Å². The van der Waals surface area contributed by atoms with Gasteiger partial charge in [-0.05, 0) is 56.2 Å². The van der Waals surface area contributed by atoms with Crippen LogP contribution in [0.3, 0.4) is 0 Å². The Morgan fingerprint density at radius 1 is 1.05 bits per heavy atom. The quantitative estimate of drug-likeness (QED) is 0.433. The van der Waals surface area contributed by atoms with Crippen molar-refractivity contribution in [3.05, 3.63) is 66.0 Å². The highest BCUT2D eigenvalue weighted by atomic mass is 16.2. The lowest BCUT2D eigenvalue weighted by Crippen LogP contribution is -2.52. The Hall–Kier alpha value is -3.68. The Bertz CT molecular complexity index is 1230. The zero-order valence-corrected chi connectivity index (χ0v) is 21.4. The number of likely N-dealkylation sites (tertiary alicyclic amines) is 1. The number of fused-ring (bicyclic) bond motifs is 1. The summed E-state index contributed by atoms with van der Waals surface area (Å²) in [6.07, 6.45) is 3.35. The monoisotopic (exact) mass is 501 g/mol. The van der Waals surface area contributed by atoms with Crippen molar-refractivity contribution < 1.29 is 14.4 Å². The minimum Gasteiger partial charge on any atom is -0.345 e. The first-order chi connectivity index (χ1) is 17.9. The average Bonchev–Trinajstić information content (AvgIpc) is 3.54. The van der Waals surface area contributed by atoms with Crippen molar-refractivity contribution in [2.24, 2.45) is 11.8 Å². The second-order valence-corrected chi connectivity index (χ2v) is 10.6. The molecule has 1 saturated carbocycles. The van der Waals surface area contributed by atoms with Gasteiger partial charge < -0.3 is 20.5 Å². The van der Waals surface area contributed by atoms with E-state index in [1.54, 1.807) is 0 Å². The zero-order chi connectivity index (χ0) is 25.9. The summed E-state index contributed by atoms with van der Waals surface area (Å²) in [5, 5.41) is 5.87. The van der Waals surface area contributed by atoms with Crippen LogP contribution in [0.2, 0.25) is 0 Å². The van der Waals surface area contributed by atoms with Crippen LogP contribution < -0.4 is 10.6 Å². The smallest absolute Gasteiger partial charge is 0.243 e. The first-order valence-corrected chi connectivity index (χ1v) is 13.3. The molecular weight excluding hydrogens is 466 g/mol. The maximum absolute atomic E-state index is 13.5. The van der Waals surface area contributed by atoms with E-state index in [2.05, 4.69) is 27.5 Å². The third-order valence-corrected chi connectivity index (χ3v) is 7.69. The lowest BCUT2D eigenvalue weighted by atomic mass is 9.75. The van der Waals surface area contributed by atoms with Crippen molar-refractivity contribution in [1.29, 1.82) is 0 Å². The number of rotatable bonds is 8. The van der Waals surface area contributed by atoms with Gasteiger partial charge in [0.25, 0.3) is 0 Å². The number of aromatic amines is 1. The van der Waals surface area contributed by atoms with Crippen LogP contribution in [-0.4, -0.2) is 45.2 Å². The molecule has 2 aromatic carbocycles. The van der Waals surface area contributed by atoms with Crippen LogP contribution in [0.1, 0.15) is 69.4 Å². The highest BCUT2D eigenvalue weighted by Crippen LogP contribution is 2.34. The predicted molar refractivity (Wildman–Crippen MR) is 141 cm³/mol. The van der Waals surface area contributed by atoms with Gasteiger partial charge in [0.15, 0.2) is 0 Å². The fraction of sp³-hybridized carbons (Fsp3) is 0.448. The molecule has 1 aromatic heterocycles. The summed E-state index contributed by atoms with van der Waals surface area (Å²) in [6, 6.07) is 16.3. The Morgan fingerprint density at radius 3 is 2.51 bits per heavy atom. The van der Waals surface area contributed by atoms with E-state index in [-0.39, 0.29) is 36.1 Å². The Kier molecular flexibility index (Phi) is 7.26. The molecule has 1 saturated heterocycles. The van der Waals surface area contributed by atoms with Gasteiger partial charge in [-0.3, -0.25) is 14.4 Å². The molecule has 1 aliphatic carbocycles. The molecule has 2 heterocycles. The third-order valence-electron chi connectivity index (χ3n) is 7.69. The molecule has 0 radical (unpaired) electrons. The second kappa shape index (κ2) is 10.7. The van der Waals surface area contributed by atoms with Gasteiger partial charge in [0.05, 0.1) is 29.5 Å². The van der Waals surface area contributed by atoms with Gasteiger partial charge in [-0.25, -0.2) is 4.98 Å². The number of imidazole rings is 1. The highest BCUT2D eigenvalue weighted by Gasteiger charge is 2.37. The van der Waals surface area contributed by atoms with Crippen LogP contribution in [0, 0.1) is 11.8 Å². The van der Waals surface area contributed by atoms with E-state index < -0.39 is 12.1 Å². The van der Waals surface area contributed by atoms with Gasteiger partial charge in [0.1, 0.15) is 11.9 Å². The number of nitrogens with zero attached hydrogens (tertiary/aromatic N) is 2.